The molecule has 0 atom stereocenters. The van der Waals surface area contributed by atoms with Crippen molar-refractivity contribution in [3.8, 4) is 5.75 Å². The lowest BCUT2D eigenvalue weighted by molar-refractivity contribution is -0.384. The number of anilines is 1. The molecule has 0 amide bonds. The summed E-state index contributed by atoms with van der Waals surface area (Å²) in [4.78, 5) is 10.0. The van der Waals surface area contributed by atoms with Crippen LogP contribution in [0.15, 0.2) is 12.1 Å². The van der Waals surface area contributed by atoms with Crippen molar-refractivity contribution in [2.24, 2.45) is 0 Å². The third-order valence-corrected chi connectivity index (χ3v) is 2.83. The van der Waals surface area contributed by atoms with E-state index in [4.69, 9.17) is 21.8 Å². The monoisotopic (exact) mass is 260 g/mol. The number of nitro benzene ring substituents is 1. The van der Waals surface area contributed by atoms with Gasteiger partial charge in [-0.1, -0.05) is 11.6 Å². The smallest absolute Gasteiger partial charge is 0.290 e. The predicted octanol–water partition coefficient (Wildman–Crippen LogP) is 3.04. The number of nitro groups is 1. The zero-order chi connectivity index (χ0) is 12.5. The fraction of sp³-hybridized carbons (Fsp3) is 0.333. The van der Waals surface area contributed by atoms with E-state index in [2.05, 4.69) is 0 Å². The van der Waals surface area contributed by atoms with Crippen LogP contribution < -0.4 is 10.2 Å². The van der Waals surface area contributed by atoms with Crippen molar-refractivity contribution in [1.82, 2.24) is 0 Å². The highest BCUT2D eigenvalue weighted by molar-refractivity contribution is 6.70. The van der Waals surface area contributed by atoms with Gasteiger partial charge < -0.3 is 10.2 Å². The minimum absolute atomic E-state index is 0.0347. The van der Waals surface area contributed by atoms with Crippen molar-refractivity contribution in [3.63, 3.8) is 0 Å². The summed E-state index contributed by atoms with van der Waals surface area (Å²) >= 11 is 5.76. The molecule has 1 aromatic carbocycles. The largest absolute Gasteiger partial charge is 0.543 e. The highest BCUT2D eigenvalue weighted by Gasteiger charge is 2.21. The number of nitrogen functional groups attached to an aromatic ring is 1. The molecule has 0 fully saturated rings. The molecule has 0 unspecified atom stereocenters. The minimum atomic E-state index is -1.81. The molecule has 16 heavy (non-hydrogen) atoms. The minimum Gasteiger partial charge on any atom is -0.543 e. The van der Waals surface area contributed by atoms with Gasteiger partial charge in [-0.2, -0.15) is 0 Å². The normalized spacial score (nSPS) is 11.2. The van der Waals surface area contributed by atoms with Gasteiger partial charge in [0, 0.05) is 12.1 Å². The average molecular weight is 261 g/mol. The highest BCUT2D eigenvalue weighted by Crippen LogP contribution is 2.35. The Morgan fingerprint density at radius 1 is 1.44 bits per heavy atom. The quantitative estimate of drug-likeness (QED) is 0.392. The van der Waals surface area contributed by atoms with Crippen molar-refractivity contribution in [2.75, 3.05) is 5.73 Å². The van der Waals surface area contributed by atoms with Crippen LogP contribution in [0.5, 0.6) is 5.75 Å². The molecule has 0 spiro atoms. The molecule has 2 N–H and O–H groups in total. The maximum Gasteiger partial charge on any atom is 0.290 e. The Morgan fingerprint density at radius 3 is 2.44 bits per heavy atom. The maximum absolute atomic E-state index is 10.6. The van der Waals surface area contributed by atoms with Gasteiger partial charge in [0.2, 0.25) is 8.32 Å². The number of hydrogen-bond donors (Lipinski definition) is 1. The van der Waals surface area contributed by atoms with Crippen LogP contribution in [-0.4, -0.2) is 13.2 Å². The molecule has 0 heterocycles. The number of benzene rings is 1. The molecule has 0 aromatic heterocycles. The Balaban J connectivity index is 3.16. The Morgan fingerprint density at radius 2 is 2.00 bits per heavy atom. The molecular formula is C9H13ClN2O3Si. The Bertz CT molecular complexity index is 431. The standard InChI is InChI=1S/C9H13ClN2O3Si/c1-16(2,3)15-9-4-6(10)8(12(13)14)5-7(9)11/h4-5H,11H2,1-3H3. The number of nitrogens with zero attached hydrogens (tertiary/aromatic N) is 1. The zero-order valence-corrected chi connectivity index (χ0v) is 11.0. The van der Waals surface area contributed by atoms with Crippen LogP contribution in [0.2, 0.25) is 24.7 Å². The molecule has 0 bridgehead atoms. The van der Waals surface area contributed by atoms with E-state index in [0.29, 0.717) is 5.75 Å². The molecule has 0 saturated carbocycles. The lowest BCUT2D eigenvalue weighted by atomic mass is 10.2. The van der Waals surface area contributed by atoms with E-state index in [1.54, 1.807) is 0 Å². The van der Waals surface area contributed by atoms with E-state index in [0.717, 1.165) is 0 Å². The summed E-state index contributed by atoms with van der Waals surface area (Å²) in [5.41, 5.74) is 5.70. The van der Waals surface area contributed by atoms with E-state index in [1.165, 1.54) is 12.1 Å². The molecule has 1 aromatic rings. The molecule has 1 rings (SSSR count). The molecule has 0 radical (unpaired) electrons. The lowest BCUT2D eigenvalue weighted by Crippen LogP contribution is -2.29. The van der Waals surface area contributed by atoms with E-state index in [9.17, 15) is 10.1 Å². The number of halogens is 1. The molecule has 0 aliphatic rings. The van der Waals surface area contributed by atoms with E-state index < -0.39 is 13.2 Å². The average Bonchev–Trinajstić information content (AvgIpc) is 2.07. The fourth-order valence-corrected chi connectivity index (χ4v) is 2.18. The first kappa shape index (κ1) is 12.8. The van der Waals surface area contributed by atoms with Crippen LogP contribution in [0.1, 0.15) is 0 Å². The second-order valence-corrected chi connectivity index (χ2v) is 9.15. The summed E-state index contributed by atoms with van der Waals surface area (Å²) in [5, 5.41) is 10.6. The van der Waals surface area contributed by atoms with Gasteiger partial charge in [0.15, 0.2) is 0 Å². The van der Waals surface area contributed by atoms with Crippen LogP contribution in [0, 0.1) is 10.1 Å². The third-order valence-electron chi connectivity index (χ3n) is 1.69. The van der Waals surface area contributed by atoms with Crippen LogP contribution >= 0.6 is 11.6 Å². The lowest BCUT2D eigenvalue weighted by Gasteiger charge is -2.20. The van der Waals surface area contributed by atoms with Gasteiger partial charge in [0.05, 0.1) is 10.6 Å². The van der Waals surface area contributed by atoms with E-state index in [1.807, 2.05) is 19.6 Å². The molecule has 5 nitrogen and oxygen atoms in total. The molecule has 7 heteroatoms. The SMILES string of the molecule is C[Si](C)(C)Oc1cc(Cl)c([N+](=O)[O-])cc1N. The number of hydrogen-bond acceptors (Lipinski definition) is 4. The summed E-state index contributed by atoms with van der Waals surface area (Å²) < 4.78 is 5.65. The van der Waals surface area contributed by atoms with Gasteiger partial charge in [-0.05, 0) is 19.6 Å². The molecule has 0 aliphatic carbocycles. The Hall–Kier alpha value is -1.27. The molecular weight excluding hydrogens is 248 g/mol. The molecule has 88 valence electrons. The predicted molar refractivity (Wildman–Crippen MR) is 66.5 cm³/mol. The van der Waals surface area contributed by atoms with Gasteiger partial charge in [-0.3, -0.25) is 10.1 Å². The first-order valence-electron chi connectivity index (χ1n) is 4.63. The van der Waals surface area contributed by atoms with Crippen LogP contribution in [0.4, 0.5) is 11.4 Å². The topological polar surface area (TPSA) is 78.4 Å². The Kier molecular flexibility index (Phi) is 3.44. The summed E-state index contributed by atoms with van der Waals surface area (Å²) in [6.45, 7) is 5.96. The van der Waals surface area contributed by atoms with E-state index in [-0.39, 0.29) is 16.4 Å². The van der Waals surface area contributed by atoms with E-state index >= 15 is 0 Å². The number of nitrogens with two attached hydrogens (primary N) is 1. The third kappa shape index (κ3) is 3.11. The van der Waals surface area contributed by atoms with Gasteiger partial charge in [0.1, 0.15) is 10.8 Å². The zero-order valence-electron chi connectivity index (χ0n) is 9.28. The Labute approximate surface area is 99.4 Å². The van der Waals surface area contributed by atoms with Crippen molar-refractivity contribution in [1.29, 1.82) is 0 Å². The van der Waals surface area contributed by atoms with Crippen molar-refractivity contribution in [3.05, 3.63) is 27.3 Å². The summed E-state index contributed by atoms with van der Waals surface area (Å²) in [7, 11) is -1.81. The highest BCUT2D eigenvalue weighted by atomic mass is 35.5. The summed E-state index contributed by atoms with van der Waals surface area (Å²) in [6.07, 6.45) is 0. The summed E-state index contributed by atoms with van der Waals surface area (Å²) in [6, 6.07) is 2.62. The van der Waals surface area contributed by atoms with Crippen molar-refractivity contribution < 1.29 is 9.35 Å². The fourth-order valence-electron chi connectivity index (χ4n) is 1.12. The van der Waals surface area contributed by atoms with Crippen molar-refractivity contribution in [2.45, 2.75) is 19.6 Å². The van der Waals surface area contributed by atoms with Crippen LogP contribution in [0.25, 0.3) is 0 Å². The number of rotatable bonds is 3. The first-order chi connectivity index (χ1) is 7.20. The van der Waals surface area contributed by atoms with Crippen LogP contribution in [0.3, 0.4) is 0 Å². The maximum atomic E-state index is 10.6. The summed E-state index contributed by atoms with van der Waals surface area (Å²) in [5.74, 6) is 0.412. The second kappa shape index (κ2) is 4.30. The second-order valence-electron chi connectivity index (χ2n) is 4.31. The van der Waals surface area contributed by atoms with Gasteiger partial charge >= 0.3 is 0 Å². The van der Waals surface area contributed by atoms with Crippen LogP contribution in [-0.2, 0) is 0 Å². The van der Waals surface area contributed by atoms with Crippen molar-refractivity contribution >= 4 is 31.3 Å². The van der Waals surface area contributed by atoms with Gasteiger partial charge in [-0.25, -0.2) is 0 Å². The first-order valence-corrected chi connectivity index (χ1v) is 8.42. The van der Waals surface area contributed by atoms with Gasteiger partial charge in [0.25, 0.3) is 5.69 Å². The molecule has 0 aliphatic heterocycles. The molecule has 0 saturated heterocycles. The van der Waals surface area contributed by atoms with Gasteiger partial charge in [-0.15, -0.1) is 0 Å².